The molecule has 1 fully saturated rings. The lowest BCUT2D eigenvalue weighted by Gasteiger charge is -2.36. The number of piperidine rings is 1. The minimum atomic E-state index is -1.15. The molecule has 0 radical (unpaired) electrons. The molecule has 96 valence electrons. The van der Waals surface area contributed by atoms with Gasteiger partial charge in [-0.2, -0.15) is 0 Å². The highest BCUT2D eigenvalue weighted by molar-refractivity contribution is 5.81. The first-order valence-electron chi connectivity index (χ1n) is 5.33. The van der Waals surface area contributed by atoms with Crippen LogP contribution < -0.4 is 5.73 Å². The lowest BCUT2D eigenvalue weighted by Crippen LogP contribution is -2.52. The molecule has 4 N–H and O–H groups in total. The van der Waals surface area contributed by atoms with Gasteiger partial charge in [0.15, 0.2) is 0 Å². The van der Waals surface area contributed by atoms with Crippen LogP contribution in [-0.2, 0) is 14.4 Å². The molecule has 0 aromatic heterocycles. The first-order valence-corrected chi connectivity index (χ1v) is 5.33. The molecule has 1 rings (SSSR count). The van der Waals surface area contributed by atoms with E-state index < -0.39 is 35.7 Å². The van der Waals surface area contributed by atoms with Gasteiger partial charge in [-0.05, 0) is 19.9 Å². The van der Waals surface area contributed by atoms with Gasteiger partial charge in [-0.1, -0.05) is 0 Å². The lowest BCUT2D eigenvalue weighted by atomic mass is 9.85. The number of hydrogen-bond donors (Lipinski definition) is 3. The van der Waals surface area contributed by atoms with Crippen molar-refractivity contribution in [2.75, 3.05) is 13.1 Å². The van der Waals surface area contributed by atoms with E-state index >= 15 is 0 Å². The van der Waals surface area contributed by atoms with Crippen molar-refractivity contribution in [2.45, 2.75) is 19.4 Å². The van der Waals surface area contributed by atoms with Gasteiger partial charge in [-0.15, -0.1) is 0 Å². The molecule has 1 heterocycles. The monoisotopic (exact) mass is 244 g/mol. The normalized spacial score (nSPS) is 27.4. The number of carboxylic acid groups (broad SMARTS) is 2. The largest absolute Gasteiger partial charge is 0.481 e. The van der Waals surface area contributed by atoms with Gasteiger partial charge in [0, 0.05) is 6.54 Å². The van der Waals surface area contributed by atoms with Crippen molar-refractivity contribution in [1.29, 1.82) is 0 Å². The highest BCUT2D eigenvalue weighted by Crippen LogP contribution is 2.25. The van der Waals surface area contributed by atoms with Crippen LogP contribution in [0.15, 0.2) is 0 Å². The number of likely N-dealkylation sites (tertiary alicyclic amines) is 1. The summed E-state index contributed by atoms with van der Waals surface area (Å²) in [5.74, 6) is -4.70. The molecule has 1 saturated heterocycles. The summed E-state index contributed by atoms with van der Waals surface area (Å²) in [5, 5.41) is 17.9. The highest BCUT2D eigenvalue weighted by Gasteiger charge is 2.40. The second-order valence-electron chi connectivity index (χ2n) is 4.25. The second kappa shape index (κ2) is 5.13. The minimum absolute atomic E-state index is 0.0381. The van der Waals surface area contributed by atoms with Gasteiger partial charge >= 0.3 is 11.9 Å². The number of carbonyl (C=O) groups is 3. The van der Waals surface area contributed by atoms with Crippen molar-refractivity contribution in [1.82, 2.24) is 4.90 Å². The van der Waals surface area contributed by atoms with Crippen LogP contribution in [0.1, 0.15) is 13.3 Å². The maximum absolute atomic E-state index is 11.0. The molecule has 7 heteroatoms. The molecule has 1 aliphatic rings. The van der Waals surface area contributed by atoms with Gasteiger partial charge in [-0.3, -0.25) is 19.3 Å². The van der Waals surface area contributed by atoms with Crippen molar-refractivity contribution in [2.24, 2.45) is 17.6 Å². The number of nitrogens with zero attached hydrogens (tertiary/aromatic N) is 1. The van der Waals surface area contributed by atoms with E-state index in [0.717, 1.165) is 0 Å². The zero-order valence-corrected chi connectivity index (χ0v) is 9.50. The Morgan fingerprint density at radius 2 is 1.76 bits per heavy atom. The summed E-state index contributed by atoms with van der Waals surface area (Å²) in [6.45, 7) is 1.99. The van der Waals surface area contributed by atoms with Crippen LogP contribution in [0.25, 0.3) is 0 Å². The number of nitrogens with two attached hydrogens (primary N) is 1. The molecule has 0 spiro atoms. The molecule has 7 nitrogen and oxygen atoms in total. The number of primary amides is 1. The average molecular weight is 244 g/mol. The molecule has 0 bridgehead atoms. The second-order valence-corrected chi connectivity index (χ2v) is 4.25. The first kappa shape index (κ1) is 13.4. The smallest absolute Gasteiger partial charge is 0.308 e. The zero-order chi connectivity index (χ0) is 13.2. The molecule has 0 aromatic rings. The summed E-state index contributed by atoms with van der Waals surface area (Å²) in [4.78, 5) is 34.5. The molecule has 0 aromatic carbocycles. The summed E-state index contributed by atoms with van der Waals surface area (Å²) in [6.07, 6.45) is 0.212. The Morgan fingerprint density at radius 3 is 2.18 bits per heavy atom. The summed E-state index contributed by atoms with van der Waals surface area (Å²) in [5.41, 5.74) is 5.14. The summed E-state index contributed by atoms with van der Waals surface area (Å²) in [7, 11) is 0. The Bertz CT molecular complexity index is 344. The number of hydrogen-bond acceptors (Lipinski definition) is 4. The zero-order valence-electron chi connectivity index (χ0n) is 9.50. The molecule has 1 amide bonds. The standard InChI is InChI=1S/C10H16N2O5/c1-5(8(11)13)12-3-2-6(9(14)15)7(4-12)10(16)17/h5-7H,2-4H2,1H3,(H2,11,13)(H,14,15)(H,16,17). The van der Waals surface area contributed by atoms with Gasteiger partial charge in [-0.25, -0.2) is 0 Å². The van der Waals surface area contributed by atoms with E-state index in [-0.39, 0.29) is 13.0 Å². The molecule has 3 atom stereocenters. The molecule has 3 unspecified atom stereocenters. The van der Waals surface area contributed by atoms with E-state index in [1.807, 2.05) is 0 Å². The molecular weight excluding hydrogens is 228 g/mol. The van der Waals surface area contributed by atoms with Gasteiger partial charge < -0.3 is 15.9 Å². The molecule has 0 saturated carbocycles. The predicted molar refractivity (Wildman–Crippen MR) is 57.1 cm³/mol. The van der Waals surface area contributed by atoms with E-state index in [1.165, 1.54) is 0 Å². The number of amides is 1. The average Bonchev–Trinajstić information content (AvgIpc) is 2.26. The van der Waals surface area contributed by atoms with Gasteiger partial charge in [0.1, 0.15) is 0 Å². The van der Waals surface area contributed by atoms with Crippen molar-refractivity contribution in [3.63, 3.8) is 0 Å². The van der Waals surface area contributed by atoms with E-state index in [4.69, 9.17) is 15.9 Å². The Morgan fingerprint density at radius 1 is 1.24 bits per heavy atom. The van der Waals surface area contributed by atoms with Gasteiger partial charge in [0.25, 0.3) is 0 Å². The fraction of sp³-hybridized carbons (Fsp3) is 0.700. The predicted octanol–water partition coefficient (Wildman–Crippen LogP) is -1.03. The topological polar surface area (TPSA) is 121 Å². The summed E-state index contributed by atoms with van der Waals surface area (Å²) < 4.78 is 0. The Kier molecular flexibility index (Phi) is 4.06. The summed E-state index contributed by atoms with van der Waals surface area (Å²) >= 11 is 0. The summed E-state index contributed by atoms with van der Waals surface area (Å²) in [6, 6.07) is -0.577. The molecular formula is C10H16N2O5. The molecule has 17 heavy (non-hydrogen) atoms. The third kappa shape index (κ3) is 2.94. The van der Waals surface area contributed by atoms with Crippen LogP contribution in [0.4, 0.5) is 0 Å². The van der Waals surface area contributed by atoms with Gasteiger partial charge in [0.2, 0.25) is 5.91 Å². The Labute approximate surface area is 98.2 Å². The third-order valence-electron chi connectivity index (χ3n) is 3.24. The van der Waals surface area contributed by atoms with E-state index in [2.05, 4.69) is 0 Å². The van der Waals surface area contributed by atoms with Crippen LogP contribution >= 0.6 is 0 Å². The fourth-order valence-electron chi connectivity index (χ4n) is 2.05. The highest BCUT2D eigenvalue weighted by atomic mass is 16.4. The lowest BCUT2D eigenvalue weighted by molar-refractivity contribution is -0.158. The number of carboxylic acids is 2. The van der Waals surface area contributed by atoms with Crippen LogP contribution in [0, 0.1) is 11.8 Å². The van der Waals surface area contributed by atoms with Crippen molar-refractivity contribution < 1.29 is 24.6 Å². The minimum Gasteiger partial charge on any atom is -0.481 e. The van der Waals surface area contributed by atoms with Crippen molar-refractivity contribution >= 4 is 17.8 Å². The van der Waals surface area contributed by atoms with E-state index in [1.54, 1.807) is 11.8 Å². The SMILES string of the molecule is CC(C(N)=O)N1CCC(C(=O)O)C(C(=O)O)C1. The van der Waals surface area contributed by atoms with Crippen LogP contribution in [0.2, 0.25) is 0 Å². The number of aliphatic carboxylic acids is 2. The van der Waals surface area contributed by atoms with Crippen LogP contribution in [0.3, 0.4) is 0 Å². The fourth-order valence-corrected chi connectivity index (χ4v) is 2.05. The third-order valence-corrected chi connectivity index (χ3v) is 3.24. The quantitative estimate of drug-likeness (QED) is 0.581. The van der Waals surface area contributed by atoms with E-state index in [9.17, 15) is 14.4 Å². The Hall–Kier alpha value is -1.63. The van der Waals surface area contributed by atoms with Crippen LogP contribution in [-0.4, -0.2) is 52.1 Å². The molecule has 1 aliphatic heterocycles. The van der Waals surface area contributed by atoms with Crippen LogP contribution in [0.5, 0.6) is 0 Å². The Balaban J connectivity index is 2.78. The van der Waals surface area contributed by atoms with Gasteiger partial charge in [0.05, 0.1) is 17.9 Å². The van der Waals surface area contributed by atoms with Crippen molar-refractivity contribution in [3.8, 4) is 0 Å². The first-order chi connectivity index (χ1) is 7.84. The number of rotatable bonds is 4. The maximum Gasteiger partial charge on any atom is 0.308 e. The van der Waals surface area contributed by atoms with E-state index in [0.29, 0.717) is 6.54 Å². The maximum atomic E-state index is 11.0. The molecule has 0 aliphatic carbocycles. The number of carbonyl (C=O) groups excluding carboxylic acids is 1. The van der Waals surface area contributed by atoms with Crippen molar-refractivity contribution in [3.05, 3.63) is 0 Å².